The number of hydrogen-bond acceptors (Lipinski definition) is 8. The Kier molecular flexibility index (Phi) is 6.26. The van der Waals surface area contributed by atoms with Crippen molar-refractivity contribution in [2.75, 3.05) is 28.4 Å². The Balaban J connectivity index is 3.90. The smallest absolute Gasteiger partial charge is 0.339 e. The SMILES string of the molecule is COC(=O)c1cc(C(=O)OC)c(C(=O)OC)c(Br)c1C(=O)OC. The number of ether oxygens (including phenoxy) is 4. The molecule has 1 aromatic rings. The van der Waals surface area contributed by atoms with Crippen molar-refractivity contribution in [2.45, 2.75) is 0 Å². The number of methoxy groups -OCH3 is 4. The highest BCUT2D eigenvalue weighted by Crippen LogP contribution is 2.31. The molecule has 1 rings (SSSR count). The van der Waals surface area contributed by atoms with E-state index in [0.717, 1.165) is 34.5 Å². The molecule has 0 bridgehead atoms. The van der Waals surface area contributed by atoms with Crippen LogP contribution in [-0.2, 0) is 18.9 Å². The van der Waals surface area contributed by atoms with Crippen molar-refractivity contribution in [3.8, 4) is 0 Å². The summed E-state index contributed by atoms with van der Waals surface area (Å²) in [5, 5.41) is 0. The highest BCUT2D eigenvalue weighted by atomic mass is 79.9. The van der Waals surface area contributed by atoms with E-state index in [1.54, 1.807) is 0 Å². The van der Waals surface area contributed by atoms with Gasteiger partial charge >= 0.3 is 23.9 Å². The molecule has 8 nitrogen and oxygen atoms in total. The fourth-order valence-electron chi connectivity index (χ4n) is 1.80. The maximum atomic E-state index is 12.0. The van der Waals surface area contributed by atoms with Crippen molar-refractivity contribution in [1.82, 2.24) is 0 Å². The first kappa shape index (κ1) is 18.6. The molecule has 0 amide bonds. The molecule has 0 atom stereocenters. The average molecular weight is 389 g/mol. The molecule has 0 aliphatic rings. The summed E-state index contributed by atoms with van der Waals surface area (Å²) in [5.74, 6) is -3.60. The van der Waals surface area contributed by atoms with Crippen molar-refractivity contribution in [3.05, 3.63) is 32.8 Å². The topological polar surface area (TPSA) is 105 Å². The summed E-state index contributed by atoms with van der Waals surface area (Å²) in [4.78, 5) is 47.7. The van der Waals surface area contributed by atoms with Crippen LogP contribution in [0.3, 0.4) is 0 Å². The lowest BCUT2D eigenvalue weighted by Crippen LogP contribution is -2.20. The molecule has 0 saturated carbocycles. The molecule has 23 heavy (non-hydrogen) atoms. The van der Waals surface area contributed by atoms with Gasteiger partial charge in [-0.3, -0.25) is 0 Å². The minimum atomic E-state index is -0.904. The lowest BCUT2D eigenvalue weighted by Gasteiger charge is -2.15. The standard InChI is InChI=1S/C14H13BrO8/c1-20-11(16)6-5-7(12(17)21-2)9(14(19)23-4)10(15)8(6)13(18)22-3/h5H,1-4H3. The summed E-state index contributed by atoms with van der Waals surface area (Å²) in [6.07, 6.45) is 0. The molecule has 0 N–H and O–H groups in total. The van der Waals surface area contributed by atoms with Crippen molar-refractivity contribution in [2.24, 2.45) is 0 Å². The number of esters is 4. The normalized spacial score (nSPS) is 9.78. The van der Waals surface area contributed by atoms with Crippen LogP contribution in [0.25, 0.3) is 0 Å². The number of carbonyl (C=O) groups is 4. The molecule has 1 aromatic carbocycles. The van der Waals surface area contributed by atoms with Crippen molar-refractivity contribution >= 4 is 39.8 Å². The van der Waals surface area contributed by atoms with E-state index in [1.165, 1.54) is 0 Å². The molecular formula is C14H13BrO8. The first-order chi connectivity index (χ1) is 10.8. The molecule has 0 aliphatic heterocycles. The minimum absolute atomic E-state index is 0.139. The number of rotatable bonds is 4. The van der Waals surface area contributed by atoms with Gasteiger partial charge in [-0.2, -0.15) is 0 Å². The van der Waals surface area contributed by atoms with E-state index in [1.807, 2.05) is 0 Å². The molecule has 9 heteroatoms. The molecule has 0 aromatic heterocycles. The van der Waals surface area contributed by atoms with E-state index in [2.05, 4.69) is 34.9 Å². The summed E-state index contributed by atoms with van der Waals surface area (Å²) < 4.78 is 18.2. The van der Waals surface area contributed by atoms with E-state index >= 15 is 0 Å². The molecule has 0 radical (unpaired) electrons. The van der Waals surface area contributed by atoms with E-state index in [-0.39, 0.29) is 26.7 Å². The van der Waals surface area contributed by atoms with Gasteiger partial charge in [0.05, 0.1) is 50.7 Å². The lowest BCUT2D eigenvalue weighted by atomic mass is 9.98. The Bertz CT molecular complexity index is 626. The van der Waals surface area contributed by atoms with Crippen LogP contribution < -0.4 is 0 Å². The maximum Gasteiger partial charge on any atom is 0.339 e. The third kappa shape index (κ3) is 3.50. The molecular weight excluding hydrogens is 376 g/mol. The van der Waals surface area contributed by atoms with Crippen LogP contribution in [-0.4, -0.2) is 52.3 Å². The maximum absolute atomic E-state index is 12.0. The van der Waals surface area contributed by atoms with Gasteiger partial charge in [-0.1, -0.05) is 0 Å². The number of benzene rings is 1. The molecule has 0 saturated heterocycles. The van der Waals surface area contributed by atoms with Crippen LogP contribution in [0.15, 0.2) is 10.5 Å². The van der Waals surface area contributed by atoms with Gasteiger partial charge in [0.2, 0.25) is 0 Å². The summed E-state index contributed by atoms with van der Waals surface area (Å²) in [7, 11) is 4.40. The average Bonchev–Trinajstić information content (AvgIpc) is 2.57. The minimum Gasteiger partial charge on any atom is -0.465 e. The van der Waals surface area contributed by atoms with Crippen LogP contribution in [0.2, 0.25) is 0 Å². The third-order valence-electron chi connectivity index (χ3n) is 2.86. The highest BCUT2D eigenvalue weighted by molar-refractivity contribution is 9.10. The molecule has 0 heterocycles. The number of halogens is 1. The number of carbonyl (C=O) groups excluding carboxylic acids is 4. The van der Waals surface area contributed by atoms with Crippen molar-refractivity contribution in [1.29, 1.82) is 0 Å². The van der Waals surface area contributed by atoms with E-state index < -0.39 is 23.9 Å². The Labute approximate surface area is 139 Å². The van der Waals surface area contributed by atoms with Gasteiger partial charge in [0.15, 0.2) is 0 Å². The van der Waals surface area contributed by atoms with Crippen molar-refractivity contribution < 1.29 is 38.1 Å². The third-order valence-corrected chi connectivity index (χ3v) is 3.65. The largest absolute Gasteiger partial charge is 0.465 e. The molecule has 0 spiro atoms. The predicted octanol–water partition coefficient (Wildman–Crippen LogP) is 1.60. The summed E-state index contributed by atoms with van der Waals surface area (Å²) in [5.41, 5.74) is -1.07. The lowest BCUT2D eigenvalue weighted by molar-refractivity contribution is 0.0538. The van der Waals surface area contributed by atoms with Gasteiger partial charge in [-0.05, 0) is 22.0 Å². The Morgan fingerprint density at radius 2 is 1.00 bits per heavy atom. The number of hydrogen-bond donors (Lipinski definition) is 0. The molecule has 124 valence electrons. The first-order valence-electron chi connectivity index (χ1n) is 6.03. The first-order valence-corrected chi connectivity index (χ1v) is 6.83. The van der Waals surface area contributed by atoms with E-state index in [9.17, 15) is 19.2 Å². The summed E-state index contributed by atoms with van der Waals surface area (Å²) in [6.45, 7) is 0. The van der Waals surface area contributed by atoms with Crippen LogP contribution in [0.1, 0.15) is 41.4 Å². The fraction of sp³-hybridized carbons (Fsp3) is 0.286. The fourth-order valence-corrected chi connectivity index (χ4v) is 2.55. The monoisotopic (exact) mass is 388 g/mol. The Morgan fingerprint density at radius 1 is 0.696 bits per heavy atom. The Hall–Kier alpha value is -2.42. The van der Waals surface area contributed by atoms with Gasteiger partial charge < -0.3 is 18.9 Å². The van der Waals surface area contributed by atoms with Gasteiger partial charge in [-0.15, -0.1) is 0 Å². The van der Waals surface area contributed by atoms with Crippen LogP contribution in [0, 0.1) is 0 Å². The highest BCUT2D eigenvalue weighted by Gasteiger charge is 2.32. The summed E-state index contributed by atoms with van der Waals surface area (Å²) in [6, 6.07) is 1.01. The molecule has 0 fully saturated rings. The zero-order valence-corrected chi connectivity index (χ0v) is 14.3. The van der Waals surface area contributed by atoms with E-state index in [0.29, 0.717) is 0 Å². The van der Waals surface area contributed by atoms with Gasteiger partial charge in [-0.25, -0.2) is 19.2 Å². The quantitative estimate of drug-likeness (QED) is 0.565. The molecule has 0 aliphatic carbocycles. The van der Waals surface area contributed by atoms with Gasteiger partial charge in [0, 0.05) is 4.47 Å². The van der Waals surface area contributed by atoms with Gasteiger partial charge in [0.25, 0.3) is 0 Å². The Morgan fingerprint density at radius 3 is 1.26 bits per heavy atom. The van der Waals surface area contributed by atoms with Crippen LogP contribution in [0.5, 0.6) is 0 Å². The van der Waals surface area contributed by atoms with Crippen LogP contribution in [0.4, 0.5) is 0 Å². The zero-order chi connectivity index (χ0) is 17.7. The second kappa shape index (κ2) is 7.73. The van der Waals surface area contributed by atoms with Gasteiger partial charge in [0.1, 0.15) is 0 Å². The second-order valence-corrected chi connectivity index (χ2v) is 4.79. The van der Waals surface area contributed by atoms with Crippen LogP contribution >= 0.6 is 15.9 Å². The molecule has 0 unspecified atom stereocenters. The second-order valence-electron chi connectivity index (χ2n) is 4.00. The zero-order valence-electron chi connectivity index (χ0n) is 12.7. The summed E-state index contributed by atoms with van der Waals surface area (Å²) >= 11 is 3.04. The van der Waals surface area contributed by atoms with E-state index in [4.69, 9.17) is 0 Å². The van der Waals surface area contributed by atoms with Crippen molar-refractivity contribution in [3.63, 3.8) is 0 Å². The predicted molar refractivity (Wildman–Crippen MR) is 79.5 cm³/mol.